The molecule has 86 valence electrons. The summed E-state index contributed by atoms with van der Waals surface area (Å²) in [5, 5.41) is 13.3. The molecule has 0 aliphatic rings. The Morgan fingerprint density at radius 1 is 1.38 bits per heavy atom. The van der Waals surface area contributed by atoms with E-state index >= 15 is 0 Å². The number of benzene rings is 1. The van der Waals surface area contributed by atoms with Crippen molar-refractivity contribution in [3.05, 3.63) is 34.9 Å². The highest BCUT2D eigenvalue weighted by atomic mass is 35.5. The number of hydrogen-bond acceptors (Lipinski definition) is 3. The number of nitrogens with two attached hydrogens (primary N) is 1. The van der Waals surface area contributed by atoms with Crippen LogP contribution in [0.4, 0.5) is 4.79 Å². The lowest BCUT2D eigenvalue weighted by Crippen LogP contribution is -2.37. The number of carboxylic acids is 1. The SMILES string of the molecule is NC(=O)N[C@H](CC(=O)[O-])c1ccc(Cl)cc1. The number of carbonyl (C=O) groups is 2. The first-order valence-electron chi connectivity index (χ1n) is 4.50. The zero-order valence-corrected chi connectivity index (χ0v) is 9.03. The number of rotatable bonds is 4. The van der Waals surface area contributed by atoms with Crippen molar-refractivity contribution in [2.24, 2.45) is 5.73 Å². The third-order valence-electron chi connectivity index (χ3n) is 1.96. The molecule has 0 radical (unpaired) electrons. The number of urea groups is 1. The third-order valence-corrected chi connectivity index (χ3v) is 2.21. The lowest BCUT2D eigenvalue weighted by Gasteiger charge is -2.18. The van der Waals surface area contributed by atoms with Crippen LogP contribution < -0.4 is 16.2 Å². The van der Waals surface area contributed by atoms with Gasteiger partial charge in [0.1, 0.15) is 0 Å². The molecule has 3 N–H and O–H groups in total. The van der Waals surface area contributed by atoms with E-state index < -0.39 is 18.0 Å². The molecule has 0 bridgehead atoms. The number of halogens is 1. The highest BCUT2D eigenvalue weighted by Gasteiger charge is 2.13. The van der Waals surface area contributed by atoms with Crippen molar-refractivity contribution < 1.29 is 14.7 Å². The van der Waals surface area contributed by atoms with Crippen molar-refractivity contribution in [3.63, 3.8) is 0 Å². The molecule has 0 unspecified atom stereocenters. The largest absolute Gasteiger partial charge is 0.550 e. The van der Waals surface area contributed by atoms with Crippen LogP contribution in [0, 0.1) is 0 Å². The molecule has 1 aromatic carbocycles. The molecular formula is C10H10ClN2O3-. The van der Waals surface area contributed by atoms with Gasteiger partial charge in [0.15, 0.2) is 0 Å². The van der Waals surface area contributed by atoms with Crippen molar-refractivity contribution in [1.82, 2.24) is 5.32 Å². The van der Waals surface area contributed by atoms with Gasteiger partial charge in [-0.25, -0.2) is 4.79 Å². The molecule has 1 atom stereocenters. The predicted octanol–water partition coefficient (Wildman–Crippen LogP) is 0.189. The standard InChI is InChI=1S/C10H11ClN2O3/c11-7-3-1-6(2-4-7)8(5-9(14)15)13-10(12)16/h1-4,8H,5H2,(H,14,15)(H3,12,13,16)/p-1/t8-/m1/s1. The van der Waals surface area contributed by atoms with Gasteiger partial charge in [-0.2, -0.15) is 0 Å². The van der Waals surface area contributed by atoms with E-state index in [9.17, 15) is 14.7 Å². The van der Waals surface area contributed by atoms with Crippen LogP contribution in [0.3, 0.4) is 0 Å². The highest BCUT2D eigenvalue weighted by molar-refractivity contribution is 6.30. The zero-order chi connectivity index (χ0) is 12.1. The Bertz CT molecular complexity index is 376. The number of nitrogens with one attached hydrogen (secondary N) is 1. The second-order valence-corrected chi connectivity index (χ2v) is 3.63. The normalized spacial score (nSPS) is 11.8. The number of aliphatic carboxylic acids is 1. The highest BCUT2D eigenvalue weighted by Crippen LogP contribution is 2.18. The van der Waals surface area contributed by atoms with Crippen LogP contribution in [0.2, 0.25) is 5.02 Å². The summed E-state index contributed by atoms with van der Waals surface area (Å²) in [5.74, 6) is -1.27. The zero-order valence-electron chi connectivity index (χ0n) is 8.27. The molecule has 0 fully saturated rings. The molecule has 0 aromatic heterocycles. The van der Waals surface area contributed by atoms with Crippen LogP contribution in [0.15, 0.2) is 24.3 Å². The maximum atomic E-state index is 10.7. The molecule has 0 heterocycles. The quantitative estimate of drug-likeness (QED) is 0.788. The Kier molecular flexibility index (Phi) is 4.13. The summed E-state index contributed by atoms with van der Waals surface area (Å²) in [6.45, 7) is 0. The summed E-state index contributed by atoms with van der Waals surface area (Å²) < 4.78 is 0. The molecule has 1 aromatic rings. The molecule has 0 saturated carbocycles. The minimum atomic E-state index is -1.27. The fourth-order valence-corrected chi connectivity index (χ4v) is 1.41. The third kappa shape index (κ3) is 3.78. The molecule has 2 amide bonds. The average Bonchev–Trinajstić information content (AvgIpc) is 2.16. The van der Waals surface area contributed by atoms with E-state index in [0.717, 1.165) is 0 Å². The van der Waals surface area contributed by atoms with Crippen molar-refractivity contribution >= 4 is 23.6 Å². The number of carboxylic acid groups (broad SMARTS) is 1. The van der Waals surface area contributed by atoms with Gasteiger partial charge in [0, 0.05) is 17.4 Å². The fraction of sp³-hybridized carbons (Fsp3) is 0.200. The molecule has 0 aliphatic heterocycles. The van der Waals surface area contributed by atoms with Crippen molar-refractivity contribution in [1.29, 1.82) is 0 Å². The van der Waals surface area contributed by atoms with E-state index in [4.69, 9.17) is 17.3 Å². The van der Waals surface area contributed by atoms with Crippen LogP contribution in [-0.4, -0.2) is 12.0 Å². The lowest BCUT2D eigenvalue weighted by molar-refractivity contribution is -0.306. The first-order chi connectivity index (χ1) is 7.49. The first kappa shape index (κ1) is 12.3. The van der Waals surface area contributed by atoms with Crippen molar-refractivity contribution in [3.8, 4) is 0 Å². The summed E-state index contributed by atoms with van der Waals surface area (Å²) in [5.41, 5.74) is 5.55. The van der Waals surface area contributed by atoms with Gasteiger partial charge < -0.3 is 21.0 Å². The maximum Gasteiger partial charge on any atom is 0.312 e. The van der Waals surface area contributed by atoms with E-state index in [0.29, 0.717) is 10.6 Å². The molecule has 0 aliphatic carbocycles. The van der Waals surface area contributed by atoms with Crippen LogP contribution in [0.25, 0.3) is 0 Å². The van der Waals surface area contributed by atoms with E-state index in [-0.39, 0.29) is 6.42 Å². The van der Waals surface area contributed by atoms with Crippen LogP contribution in [-0.2, 0) is 4.79 Å². The molecule has 5 nitrogen and oxygen atoms in total. The minimum absolute atomic E-state index is 0.343. The van der Waals surface area contributed by atoms with E-state index in [1.807, 2.05) is 0 Å². The Morgan fingerprint density at radius 2 is 1.94 bits per heavy atom. The van der Waals surface area contributed by atoms with Crippen LogP contribution >= 0.6 is 11.6 Å². The van der Waals surface area contributed by atoms with E-state index in [2.05, 4.69) is 5.32 Å². The summed E-state index contributed by atoms with van der Waals surface area (Å²) >= 11 is 5.69. The lowest BCUT2D eigenvalue weighted by atomic mass is 10.0. The molecule has 1 rings (SSSR count). The average molecular weight is 242 g/mol. The van der Waals surface area contributed by atoms with E-state index in [1.54, 1.807) is 24.3 Å². The number of amides is 2. The molecular weight excluding hydrogens is 232 g/mol. The van der Waals surface area contributed by atoms with E-state index in [1.165, 1.54) is 0 Å². The fourth-order valence-electron chi connectivity index (χ4n) is 1.29. The van der Waals surface area contributed by atoms with Crippen molar-refractivity contribution in [2.75, 3.05) is 0 Å². The van der Waals surface area contributed by atoms with Gasteiger partial charge in [0.25, 0.3) is 0 Å². The topological polar surface area (TPSA) is 95.2 Å². The summed E-state index contributed by atoms with van der Waals surface area (Å²) in [6, 6.07) is 4.93. The van der Waals surface area contributed by atoms with Crippen LogP contribution in [0.1, 0.15) is 18.0 Å². The molecule has 6 heteroatoms. The summed E-state index contributed by atoms with van der Waals surface area (Å²) in [7, 11) is 0. The Labute approximate surface area is 97.2 Å². The van der Waals surface area contributed by atoms with Gasteiger partial charge in [0.2, 0.25) is 0 Å². The minimum Gasteiger partial charge on any atom is -0.550 e. The summed E-state index contributed by atoms with van der Waals surface area (Å²) in [6.07, 6.45) is -0.343. The van der Waals surface area contributed by atoms with Crippen LogP contribution in [0.5, 0.6) is 0 Å². The Balaban J connectivity index is 2.86. The Morgan fingerprint density at radius 3 is 2.38 bits per heavy atom. The predicted molar refractivity (Wildman–Crippen MR) is 56.5 cm³/mol. The second-order valence-electron chi connectivity index (χ2n) is 3.19. The van der Waals surface area contributed by atoms with Gasteiger partial charge in [-0.1, -0.05) is 23.7 Å². The molecule has 0 spiro atoms. The first-order valence-corrected chi connectivity index (χ1v) is 4.88. The monoisotopic (exact) mass is 241 g/mol. The van der Waals surface area contributed by atoms with Crippen molar-refractivity contribution in [2.45, 2.75) is 12.5 Å². The summed E-state index contributed by atoms with van der Waals surface area (Å²) in [4.78, 5) is 21.2. The van der Waals surface area contributed by atoms with Gasteiger partial charge in [-0.3, -0.25) is 0 Å². The second kappa shape index (κ2) is 5.37. The van der Waals surface area contributed by atoms with Gasteiger partial charge in [-0.05, 0) is 17.7 Å². The Hall–Kier alpha value is -1.75. The van der Waals surface area contributed by atoms with Gasteiger partial charge in [-0.15, -0.1) is 0 Å². The number of carbonyl (C=O) groups excluding carboxylic acids is 2. The van der Waals surface area contributed by atoms with Gasteiger partial charge in [0.05, 0.1) is 6.04 Å². The van der Waals surface area contributed by atoms with Gasteiger partial charge >= 0.3 is 6.03 Å². The smallest absolute Gasteiger partial charge is 0.312 e. The molecule has 16 heavy (non-hydrogen) atoms. The maximum absolute atomic E-state index is 10.7. The molecule has 0 saturated heterocycles. The number of hydrogen-bond donors (Lipinski definition) is 2. The number of primary amides is 1.